The van der Waals surface area contributed by atoms with Crippen LogP contribution in [0.3, 0.4) is 0 Å². The largest absolute Gasteiger partial charge is 0.344 e. The predicted octanol–water partition coefficient (Wildman–Crippen LogP) is 3.05. The molecular weight excluding hydrogens is 296 g/mol. The van der Waals surface area contributed by atoms with Gasteiger partial charge in [0.25, 0.3) is 5.91 Å². The Labute approximate surface area is 143 Å². The van der Waals surface area contributed by atoms with E-state index in [1.807, 2.05) is 4.57 Å². The molecule has 2 aliphatic carbocycles. The van der Waals surface area contributed by atoms with Crippen LogP contribution in [0.5, 0.6) is 0 Å². The zero-order chi connectivity index (χ0) is 16.4. The number of carbonyl (C=O) groups excluding carboxylic acids is 1. The van der Waals surface area contributed by atoms with Gasteiger partial charge in [0.05, 0.1) is 6.04 Å². The fourth-order valence-corrected chi connectivity index (χ4v) is 4.13. The molecule has 0 fully saturated rings. The van der Waals surface area contributed by atoms with E-state index in [0.29, 0.717) is 6.54 Å². The molecule has 1 N–H and O–H groups in total. The Kier molecular flexibility index (Phi) is 4.33. The summed E-state index contributed by atoms with van der Waals surface area (Å²) in [6.07, 6.45) is 12.4. The number of nitrogens with zero attached hydrogens (tertiary/aromatic N) is 1. The molecule has 3 heteroatoms. The highest BCUT2D eigenvalue weighted by molar-refractivity contribution is 5.75. The standard InChI is InChI=1S/C21H24N2O/c24-21(15-23-13-12-16-6-1-2-8-18(16)14-23)22-20-11-5-9-17-7-3-4-10-19(17)20/h3-4,7,10,12-14,20H,1-2,5-6,8-9,11,15H2/p+1/t20-/m0/s1. The molecule has 2 aliphatic rings. The Morgan fingerprint density at radius 1 is 1.00 bits per heavy atom. The summed E-state index contributed by atoms with van der Waals surface area (Å²) in [7, 11) is 0. The molecule has 0 saturated carbocycles. The summed E-state index contributed by atoms with van der Waals surface area (Å²) in [5, 5.41) is 3.24. The van der Waals surface area contributed by atoms with Gasteiger partial charge in [-0.1, -0.05) is 24.3 Å². The Morgan fingerprint density at radius 2 is 1.79 bits per heavy atom. The molecule has 4 rings (SSSR count). The molecular formula is C21H25N2O+. The van der Waals surface area contributed by atoms with Gasteiger partial charge in [-0.2, -0.15) is 4.57 Å². The first kappa shape index (κ1) is 15.4. The van der Waals surface area contributed by atoms with E-state index >= 15 is 0 Å². The first-order valence-electron chi connectivity index (χ1n) is 9.17. The minimum atomic E-state index is 0.109. The maximum atomic E-state index is 12.5. The van der Waals surface area contributed by atoms with Gasteiger partial charge >= 0.3 is 0 Å². The van der Waals surface area contributed by atoms with Gasteiger partial charge in [0.1, 0.15) is 0 Å². The van der Waals surface area contributed by atoms with Gasteiger partial charge in [0, 0.05) is 11.6 Å². The molecule has 0 radical (unpaired) electrons. The van der Waals surface area contributed by atoms with Crippen LogP contribution in [0.4, 0.5) is 0 Å². The fourth-order valence-electron chi connectivity index (χ4n) is 4.13. The second-order valence-electron chi connectivity index (χ2n) is 7.09. The van der Waals surface area contributed by atoms with Crippen LogP contribution in [0, 0.1) is 0 Å². The number of pyridine rings is 1. The fraction of sp³-hybridized carbons (Fsp3) is 0.429. The van der Waals surface area contributed by atoms with Crippen LogP contribution in [0.1, 0.15) is 54.0 Å². The molecule has 124 valence electrons. The van der Waals surface area contributed by atoms with Gasteiger partial charge in [0.2, 0.25) is 6.54 Å². The van der Waals surface area contributed by atoms with E-state index in [1.54, 1.807) is 0 Å². The number of fused-ring (bicyclic) bond motifs is 2. The maximum Gasteiger partial charge on any atom is 0.286 e. The van der Waals surface area contributed by atoms with Crippen LogP contribution >= 0.6 is 0 Å². The summed E-state index contributed by atoms with van der Waals surface area (Å²) in [4.78, 5) is 12.5. The third kappa shape index (κ3) is 3.21. The van der Waals surface area contributed by atoms with Crippen molar-refractivity contribution in [2.75, 3.05) is 0 Å². The summed E-state index contributed by atoms with van der Waals surface area (Å²) in [5.41, 5.74) is 5.56. The summed E-state index contributed by atoms with van der Waals surface area (Å²) in [5.74, 6) is 0.109. The Bertz CT molecular complexity index is 753. The van der Waals surface area contributed by atoms with Crippen molar-refractivity contribution in [2.24, 2.45) is 0 Å². The first-order valence-corrected chi connectivity index (χ1v) is 9.17. The van der Waals surface area contributed by atoms with Crippen molar-refractivity contribution in [3.8, 4) is 0 Å². The zero-order valence-corrected chi connectivity index (χ0v) is 14.1. The van der Waals surface area contributed by atoms with Gasteiger partial charge < -0.3 is 5.32 Å². The number of hydrogen-bond acceptors (Lipinski definition) is 1. The molecule has 1 amide bonds. The average molecular weight is 321 g/mol. The van der Waals surface area contributed by atoms with E-state index in [9.17, 15) is 4.79 Å². The molecule has 0 unspecified atom stereocenters. The molecule has 0 bridgehead atoms. The lowest BCUT2D eigenvalue weighted by molar-refractivity contribution is -0.685. The van der Waals surface area contributed by atoms with Crippen molar-refractivity contribution in [1.29, 1.82) is 0 Å². The number of benzene rings is 1. The SMILES string of the molecule is O=C(C[n+]1ccc2c(c1)CCCC2)N[C@H]1CCCc2ccccc21. The van der Waals surface area contributed by atoms with Crippen molar-refractivity contribution in [2.45, 2.75) is 57.5 Å². The molecule has 0 spiro atoms. The number of aromatic nitrogens is 1. The van der Waals surface area contributed by atoms with Crippen molar-refractivity contribution in [3.63, 3.8) is 0 Å². The highest BCUT2D eigenvalue weighted by Crippen LogP contribution is 2.29. The number of nitrogens with one attached hydrogen (secondary N) is 1. The van der Waals surface area contributed by atoms with Crippen molar-refractivity contribution >= 4 is 5.91 Å². The van der Waals surface area contributed by atoms with Crippen molar-refractivity contribution < 1.29 is 9.36 Å². The number of amides is 1. The first-order chi connectivity index (χ1) is 11.8. The van der Waals surface area contributed by atoms with Crippen LogP contribution < -0.4 is 9.88 Å². The summed E-state index contributed by atoms with van der Waals surface area (Å²) in [6, 6.07) is 10.9. The lowest BCUT2D eigenvalue weighted by Gasteiger charge is -2.25. The summed E-state index contributed by atoms with van der Waals surface area (Å²) in [6.45, 7) is 0.409. The molecule has 0 saturated heterocycles. The van der Waals surface area contributed by atoms with Gasteiger partial charge in [-0.25, -0.2) is 0 Å². The van der Waals surface area contributed by atoms with E-state index in [1.165, 1.54) is 41.5 Å². The Balaban J connectivity index is 1.44. The number of aryl methyl sites for hydroxylation is 3. The van der Waals surface area contributed by atoms with Crippen LogP contribution in [0.2, 0.25) is 0 Å². The third-order valence-corrected chi connectivity index (χ3v) is 5.37. The van der Waals surface area contributed by atoms with Crippen LogP contribution in [0.25, 0.3) is 0 Å². The summed E-state index contributed by atoms with van der Waals surface area (Å²) >= 11 is 0. The predicted molar refractivity (Wildman–Crippen MR) is 93.5 cm³/mol. The molecule has 3 nitrogen and oxygen atoms in total. The minimum absolute atomic E-state index is 0.109. The second-order valence-corrected chi connectivity index (χ2v) is 7.09. The highest BCUT2D eigenvalue weighted by atomic mass is 16.2. The number of carbonyl (C=O) groups is 1. The van der Waals surface area contributed by atoms with Crippen LogP contribution in [0.15, 0.2) is 42.7 Å². The van der Waals surface area contributed by atoms with Gasteiger partial charge in [-0.15, -0.1) is 0 Å². The molecule has 1 atom stereocenters. The minimum Gasteiger partial charge on any atom is -0.344 e. The van der Waals surface area contributed by atoms with Crippen LogP contribution in [-0.4, -0.2) is 5.91 Å². The van der Waals surface area contributed by atoms with Crippen LogP contribution in [-0.2, 0) is 30.6 Å². The average Bonchev–Trinajstić information content (AvgIpc) is 2.62. The smallest absolute Gasteiger partial charge is 0.286 e. The third-order valence-electron chi connectivity index (χ3n) is 5.37. The quantitative estimate of drug-likeness (QED) is 0.866. The molecule has 2 aromatic rings. The topological polar surface area (TPSA) is 33.0 Å². The van der Waals surface area contributed by atoms with Crippen molar-refractivity contribution in [1.82, 2.24) is 5.32 Å². The maximum absolute atomic E-state index is 12.5. The van der Waals surface area contributed by atoms with Gasteiger partial charge in [-0.3, -0.25) is 4.79 Å². The summed E-state index contributed by atoms with van der Waals surface area (Å²) < 4.78 is 2.04. The monoisotopic (exact) mass is 321 g/mol. The van der Waals surface area contributed by atoms with Gasteiger partial charge in [0.15, 0.2) is 12.4 Å². The van der Waals surface area contributed by atoms with E-state index in [4.69, 9.17) is 0 Å². The number of hydrogen-bond donors (Lipinski definition) is 1. The highest BCUT2D eigenvalue weighted by Gasteiger charge is 2.23. The van der Waals surface area contributed by atoms with E-state index in [-0.39, 0.29) is 11.9 Å². The Hall–Kier alpha value is -2.16. The molecule has 1 heterocycles. The molecule has 24 heavy (non-hydrogen) atoms. The van der Waals surface area contributed by atoms with E-state index < -0.39 is 0 Å². The lowest BCUT2D eigenvalue weighted by atomic mass is 9.88. The van der Waals surface area contributed by atoms with Gasteiger partial charge in [-0.05, 0) is 61.6 Å². The van der Waals surface area contributed by atoms with Crippen molar-refractivity contribution in [3.05, 3.63) is 65.0 Å². The zero-order valence-electron chi connectivity index (χ0n) is 14.1. The molecule has 1 aromatic heterocycles. The normalized spacial score (nSPS) is 19.2. The van der Waals surface area contributed by atoms with E-state index in [2.05, 4.69) is 48.0 Å². The Morgan fingerprint density at radius 3 is 2.71 bits per heavy atom. The number of rotatable bonds is 3. The van der Waals surface area contributed by atoms with E-state index in [0.717, 1.165) is 25.7 Å². The molecule has 0 aliphatic heterocycles. The molecule has 1 aromatic carbocycles. The second kappa shape index (κ2) is 6.76. The lowest BCUT2D eigenvalue weighted by Crippen LogP contribution is -2.44.